The van der Waals surface area contributed by atoms with Gasteiger partial charge < -0.3 is 15.2 Å². The van der Waals surface area contributed by atoms with Gasteiger partial charge in [0, 0.05) is 48.1 Å². The number of aryl methyl sites for hydroxylation is 1. The second-order valence-electron chi connectivity index (χ2n) is 6.15. The molecule has 5 heteroatoms. The first-order valence-electron chi connectivity index (χ1n) is 8.56. The third-order valence-corrected chi connectivity index (χ3v) is 4.36. The second-order valence-corrected chi connectivity index (χ2v) is 6.15. The molecule has 0 unspecified atom stereocenters. The molecule has 25 heavy (non-hydrogen) atoms. The Morgan fingerprint density at radius 1 is 1.04 bits per heavy atom. The molecule has 2 N–H and O–H groups in total. The summed E-state index contributed by atoms with van der Waals surface area (Å²) < 4.78 is 2.11. The predicted molar refractivity (Wildman–Crippen MR) is 105 cm³/mol. The number of nitrogens with one attached hydrogen (secondary N) is 2. The summed E-state index contributed by atoms with van der Waals surface area (Å²) in [6.07, 6.45) is 4.82. The SMILES string of the molecule is CCCNc1cccc(Nc2ccc3c4cnccc4n(C)c3n2)c1. The number of benzene rings is 1. The highest BCUT2D eigenvalue weighted by atomic mass is 15.1. The van der Waals surface area contributed by atoms with Crippen LogP contribution < -0.4 is 10.6 Å². The molecule has 0 aliphatic rings. The van der Waals surface area contributed by atoms with Crippen LogP contribution in [0.25, 0.3) is 21.9 Å². The summed E-state index contributed by atoms with van der Waals surface area (Å²) in [4.78, 5) is 9.04. The normalized spacial score (nSPS) is 11.1. The smallest absolute Gasteiger partial charge is 0.143 e. The van der Waals surface area contributed by atoms with E-state index in [-0.39, 0.29) is 0 Å². The van der Waals surface area contributed by atoms with Crippen LogP contribution in [0.2, 0.25) is 0 Å². The Morgan fingerprint density at radius 3 is 2.80 bits per heavy atom. The van der Waals surface area contributed by atoms with Crippen molar-refractivity contribution in [2.75, 3.05) is 17.2 Å². The minimum atomic E-state index is 0.832. The quantitative estimate of drug-likeness (QED) is 0.557. The van der Waals surface area contributed by atoms with Crippen molar-refractivity contribution < 1.29 is 0 Å². The maximum absolute atomic E-state index is 4.80. The molecule has 0 aliphatic carbocycles. The lowest BCUT2D eigenvalue weighted by atomic mass is 10.2. The van der Waals surface area contributed by atoms with Crippen molar-refractivity contribution in [2.45, 2.75) is 13.3 Å². The van der Waals surface area contributed by atoms with Gasteiger partial charge in [0.1, 0.15) is 11.5 Å². The van der Waals surface area contributed by atoms with Crippen LogP contribution in [-0.2, 0) is 7.05 Å². The Balaban J connectivity index is 1.68. The van der Waals surface area contributed by atoms with Gasteiger partial charge >= 0.3 is 0 Å². The Bertz CT molecular complexity index is 1030. The van der Waals surface area contributed by atoms with Gasteiger partial charge in [-0.3, -0.25) is 4.98 Å². The molecule has 0 fully saturated rings. The van der Waals surface area contributed by atoms with Crippen molar-refractivity contribution in [3.8, 4) is 0 Å². The Hall–Kier alpha value is -3.08. The van der Waals surface area contributed by atoms with E-state index in [2.05, 4.69) is 51.4 Å². The lowest BCUT2D eigenvalue weighted by Crippen LogP contribution is -2.00. The summed E-state index contributed by atoms with van der Waals surface area (Å²) in [5.74, 6) is 0.832. The Labute approximate surface area is 146 Å². The number of pyridine rings is 2. The zero-order valence-corrected chi connectivity index (χ0v) is 14.5. The highest BCUT2D eigenvalue weighted by Crippen LogP contribution is 2.28. The summed E-state index contributed by atoms with van der Waals surface area (Å²) in [6, 6.07) is 14.4. The standard InChI is InChI=1S/C20H21N5/c1-3-10-22-14-5-4-6-15(12-14)23-19-8-7-16-17-13-21-11-9-18(17)25(2)20(16)24-19/h4-9,11-13,22H,3,10H2,1-2H3,(H,23,24). The third kappa shape index (κ3) is 2.89. The molecule has 126 valence electrons. The summed E-state index contributed by atoms with van der Waals surface area (Å²) >= 11 is 0. The van der Waals surface area contributed by atoms with Gasteiger partial charge in [-0.2, -0.15) is 0 Å². The zero-order valence-electron chi connectivity index (χ0n) is 14.5. The van der Waals surface area contributed by atoms with Crippen LogP contribution in [0, 0.1) is 0 Å². The first-order chi connectivity index (χ1) is 12.3. The number of aromatic nitrogens is 3. The van der Waals surface area contributed by atoms with E-state index in [1.54, 1.807) is 0 Å². The molecule has 4 aromatic rings. The molecule has 0 atom stereocenters. The molecule has 0 saturated carbocycles. The summed E-state index contributed by atoms with van der Waals surface area (Å²) in [6.45, 7) is 3.13. The zero-order chi connectivity index (χ0) is 17.2. The fourth-order valence-corrected chi connectivity index (χ4v) is 3.11. The van der Waals surface area contributed by atoms with Crippen LogP contribution in [0.5, 0.6) is 0 Å². The van der Waals surface area contributed by atoms with Crippen LogP contribution in [0.1, 0.15) is 13.3 Å². The van der Waals surface area contributed by atoms with Gasteiger partial charge in [-0.25, -0.2) is 4.98 Å². The molecular weight excluding hydrogens is 310 g/mol. The summed E-state index contributed by atoms with van der Waals surface area (Å²) in [5, 5.41) is 9.06. The van der Waals surface area contributed by atoms with Gasteiger partial charge in [0.25, 0.3) is 0 Å². The highest BCUT2D eigenvalue weighted by Gasteiger charge is 2.10. The Kier molecular flexibility index (Phi) is 3.98. The minimum absolute atomic E-state index is 0.832. The van der Waals surface area contributed by atoms with Crippen LogP contribution >= 0.6 is 0 Å². The third-order valence-electron chi connectivity index (χ3n) is 4.36. The topological polar surface area (TPSA) is 54.8 Å². The van der Waals surface area contributed by atoms with E-state index in [9.17, 15) is 0 Å². The van der Waals surface area contributed by atoms with E-state index in [1.165, 1.54) is 0 Å². The van der Waals surface area contributed by atoms with E-state index in [4.69, 9.17) is 4.98 Å². The van der Waals surface area contributed by atoms with Crippen molar-refractivity contribution in [1.29, 1.82) is 0 Å². The molecule has 0 aliphatic heterocycles. The van der Waals surface area contributed by atoms with E-state index in [0.29, 0.717) is 0 Å². The average Bonchev–Trinajstić information content (AvgIpc) is 2.93. The van der Waals surface area contributed by atoms with Crippen molar-refractivity contribution in [3.05, 3.63) is 54.9 Å². The predicted octanol–water partition coefficient (Wildman–Crippen LogP) is 4.69. The van der Waals surface area contributed by atoms with Gasteiger partial charge in [0.2, 0.25) is 0 Å². The van der Waals surface area contributed by atoms with Crippen molar-refractivity contribution in [3.63, 3.8) is 0 Å². The summed E-state index contributed by atoms with van der Waals surface area (Å²) in [5.41, 5.74) is 4.23. The number of anilines is 3. The number of nitrogens with zero attached hydrogens (tertiary/aromatic N) is 3. The summed E-state index contributed by atoms with van der Waals surface area (Å²) in [7, 11) is 2.04. The fraction of sp³-hybridized carbons (Fsp3) is 0.200. The van der Waals surface area contributed by atoms with E-state index in [1.807, 2.05) is 37.6 Å². The van der Waals surface area contributed by atoms with Gasteiger partial charge in [0.15, 0.2) is 0 Å². The van der Waals surface area contributed by atoms with Gasteiger partial charge in [-0.05, 0) is 42.8 Å². The van der Waals surface area contributed by atoms with Crippen LogP contribution in [0.15, 0.2) is 54.9 Å². The number of fused-ring (bicyclic) bond motifs is 3. The molecule has 0 amide bonds. The van der Waals surface area contributed by atoms with Gasteiger partial charge in [-0.1, -0.05) is 13.0 Å². The number of hydrogen-bond acceptors (Lipinski definition) is 4. The van der Waals surface area contributed by atoms with Crippen molar-refractivity contribution >= 4 is 39.1 Å². The molecule has 5 nitrogen and oxygen atoms in total. The largest absolute Gasteiger partial charge is 0.385 e. The molecule has 1 aromatic carbocycles. The lowest BCUT2D eigenvalue weighted by molar-refractivity contribution is 0.980. The van der Waals surface area contributed by atoms with Crippen LogP contribution in [0.3, 0.4) is 0 Å². The maximum Gasteiger partial charge on any atom is 0.143 e. The molecule has 3 aromatic heterocycles. The lowest BCUT2D eigenvalue weighted by Gasteiger charge is -2.09. The number of rotatable bonds is 5. The van der Waals surface area contributed by atoms with Crippen LogP contribution in [-0.4, -0.2) is 21.1 Å². The molecule has 0 bridgehead atoms. The van der Waals surface area contributed by atoms with E-state index >= 15 is 0 Å². The molecule has 0 spiro atoms. The first-order valence-corrected chi connectivity index (χ1v) is 8.56. The monoisotopic (exact) mass is 331 g/mol. The van der Waals surface area contributed by atoms with Gasteiger partial charge in [-0.15, -0.1) is 0 Å². The van der Waals surface area contributed by atoms with Gasteiger partial charge in [0.05, 0.1) is 5.52 Å². The maximum atomic E-state index is 4.80. The fourth-order valence-electron chi connectivity index (χ4n) is 3.11. The minimum Gasteiger partial charge on any atom is -0.385 e. The highest BCUT2D eigenvalue weighted by molar-refractivity contribution is 6.06. The second kappa shape index (κ2) is 6.43. The molecule has 3 heterocycles. The van der Waals surface area contributed by atoms with E-state index < -0.39 is 0 Å². The first kappa shape index (κ1) is 15.4. The van der Waals surface area contributed by atoms with E-state index in [0.717, 1.165) is 52.1 Å². The molecule has 0 radical (unpaired) electrons. The Morgan fingerprint density at radius 2 is 1.92 bits per heavy atom. The van der Waals surface area contributed by atoms with Crippen molar-refractivity contribution in [2.24, 2.45) is 7.05 Å². The molecule has 0 saturated heterocycles. The average molecular weight is 331 g/mol. The van der Waals surface area contributed by atoms with Crippen molar-refractivity contribution in [1.82, 2.24) is 14.5 Å². The number of hydrogen-bond donors (Lipinski definition) is 2. The molecule has 4 rings (SSSR count). The van der Waals surface area contributed by atoms with Crippen LogP contribution in [0.4, 0.5) is 17.2 Å². The molecular formula is C20H21N5.